The molecule has 0 nitrogen and oxygen atoms in total. The smallest absolute Gasteiger partial charge is 0.0242 e. The summed E-state index contributed by atoms with van der Waals surface area (Å²) in [5, 5.41) is 0. The summed E-state index contributed by atoms with van der Waals surface area (Å²) < 4.78 is 0. The first-order valence-corrected chi connectivity index (χ1v) is 8.53. The van der Waals surface area contributed by atoms with Crippen LogP contribution in [0.2, 0.25) is 0 Å². The van der Waals surface area contributed by atoms with Gasteiger partial charge in [0.05, 0.1) is 0 Å². The van der Waals surface area contributed by atoms with Gasteiger partial charge in [0.1, 0.15) is 0 Å². The third-order valence-electron chi connectivity index (χ3n) is 6.80. The molecular formula is C20H30. The average molecular weight is 270 g/mol. The summed E-state index contributed by atoms with van der Waals surface area (Å²) in [4.78, 5) is 0. The van der Waals surface area contributed by atoms with Gasteiger partial charge in [0, 0.05) is 0 Å². The van der Waals surface area contributed by atoms with Crippen LogP contribution in [0.15, 0.2) is 24.3 Å². The Balaban J connectivity index is 1.68. The van der Waals surface area contributed by atoms with E-state index in [0.717, 1.165) is 29.6 Å². The Kier molecular flexibility index (Phi) is 3.47. The second-order valence-corrected chi connectivity index (χ2v) is 8.02. The lowest BCUT2D eigenvalue weighted by Crippen LogP contribution is -2.22. The monoisotopic (exact) mass is 270 g/mol. The standard InChI is InChI=1S/C20H30/c1-6-18-19(20(18,4)5)14(3)13(2)17-11-15-9-7-8-10-16(15)12-17/h7-10,13-14,17-19H,6,11-12H2,1-5H3. The Labute approximate surface area is 125 Å². The summed E-state index contributed by atoms with van der Waals surface area (Å²) >= 11 is 0. The van der Waals surface area contributed by atoms with Crippen LogP contribution < -0.4 is 0 Å². The van der Waals surface area contributed by atoms with E-state index in [2.05, 4.69) is 58.9 Å². The van der Waals surface area contributed by atoms with Gasteiger partial charge in [-0.05, 0) is 59.0 Å². The van der Waals surface area contributed by atoms with E-state index >= 15 is 0 Å². The molecule has 0 aliphatic heterocycles. The van der Waals surface area contributed by atoms with E-state index in [1.165, 1.54) is 19.3 Å². The molecule has 2 aliphatic carbocycles. The fraction of sp³-hybridized carbons (Fsp3) is 0.700. The first-order valence-electron chi connectivity index (χ1n) is 8.53. The Bertz CT molecular complexity index is 460. The molecule has 0 N–H and O–H groups in total. The maximum absolute atomic E-state index is 2.52. The van der Waals surface area contributed by atoms with Crippen molar-refractivity contribution in [3.8, 4) is 0 Å². The van der Waals surface area contributed by atoms with Crippen LogP contribution >= 0.6 is 0 Å². The van der Waals surface area contributed by atoms with Crippen molar-refractivity contribution in [2.45, 2.75) is 53.9 Å². The zero-order chi connectivity index (χ0) is 14.5. The molecule has 0 aromatic heterocycles. The fourth-order valence-corrected chi connectivity index (χ4v) is 5.33. The molecule has 4 atom stereocenters. The number of hydrogen-bond acceptors (Lipinski definition) is 0. The first kappa shape index (κ1) is 14.2. The highest BCUT2D eigenvalue weighted by atomic mass is 14.6. The van der Waals surface area contributed by atoms with Crippen LogP contribution in [-0.4, -0.2) is 0 Å². The van der Waals surface area contributed by atoms with Gasteiger partial charge in [-0.3, -0.25) is 0 Å². The zero-order valence-corrected chi connectivity index (χ0v) is 13.8. The van der Waals surface area contributed by atoms with E-state index < -0.39 is 0 Å². The van der Waals surface area contributed by atoms with Gasteiger partial charge in [-0.2, -0.15) is 0 Å². The van der Waals surface area contributed by atoms with Gasteiger partial charge in [0.2, 0.25) is 0 Å². The van der Waals surface area contributed by atoms with Crippen molar-refractivity contribution in [1.82, 2.24) is 0 Å². The highest BCUT2D eigenvalue weighted by molar-refractivity contribution is 5.32. The van der Waals surface area contributed by atoms with Crippen molar-refractivity contribution in [2.75, 3.05) is 0 Å². The van der Waals surface area contributed by atoms with Gasteiger partial charge in [0.25, 0.3) is 0 Å². The number of benzene rings is 1. The van der Waals surface area contributed by atoms with Crippen molar-refractivity contribution < 1.29 is 0 Å². The molecule has 0 saturated heterocycles. The second-order valence-electron chi connectivity index (χ2n) is 8.02. The van der Waals surface area contributed by atoms with E-state index in [-0.39, 0.29) is 0 Å². The largest absolute Gasteiger partial charge is 0.0651 e. The predicted molar refractivity (Wildman–Crippen MR) is 86.7 cm³/mol. The maximum Gasteiger partial charge on any atom is -0.0242 e. The summed E-state index contributed by atoms with van der Waals surface area (Å²) in [6.45, 7) is 12.4. The molecule has 0 spiro atoms. The lowest BCUT2D eigenvalue weighted by Gasteiger charge is -2.27. The van der Waals surface area contributed by atoms with Crippen LogP contribution in [0.3, 0.4) is 0 Å². The van der Waals surface area contributed by atoms with Crippen LogP contribution in [0.1, 0.15) is 52.2 Å². The van der Waals surface area contributed by atoms with Gasteiger partial charge in [-0.25, -0.2) is 0 Å². The zero-order valence-electron chi connectivity index (χ0n) is 13.8. The Morgan fingerprint density at radius 2 is 1.60 bits per heavy atom. The predicted octanol–water partition coefficient (Wildman–Crippen LogP) is 5.36. The van der Waals surface area contributed by atoms with Gasteiger partial charge in [0.15, 0.2) is 0 Å². The molecule has 0 amide bonds. The number of fused-ring (bicyclic) bond motifs is 1. The third kappa shape index (κ3) is 2.12. The number of rotatable bonds is 4. The van der Waals surface area contributed by atoms with Crippen LogP contribution in [0, 0.1) is 35.0 Å². The molecule has 0 radical (unpaired) electrons. The second kappa shape index (κ2) is 4.90. The average Bonchev–Trinajstić information content (AvgIpc) is 2.81. The molecule has 0 heteroatoms. The topological polar surface area (TPSA) is 0 Å². The quantitative estimate of drug-likeness (QED) is 0.691. The van der Waals surface area contributed by atoms with E-state index in [1.807, 2.05) is 0 Å². The van der Waals surface area contributed by atoms with E-state index in [0.29, 0.717) is 5.41 Å². The Hall–Kier alpha value is -0.780. The molecule has 110 valence electrons. The minimum absolute atomic E-state index is 0.591. The van der Waals surface area contributed by atoms with Crippen LogP contribution in [0.25, 0.3) is 0 Å². The molecular weight excluding hydrogens is 240 g/mol. The lowest BCUT2D eigenvalue weighted by molar-refractivity contribution is 0.224. The van der Waals surface area contributed by atoms with E-state index in [1.54, 1.807) is 11.1 Å². The number of hydrogen-bond donors (Lipinski definition) is 0. The normalized spacial score (nSPS) is 30.9. The summed E-state index contributed by atoms with van der Waals surface area (Å²) in [7, 11) is 0. The van der Waals surface area contributed by atoms with Crippen molar-refractivity contribution >= 4 is 0 Å². The molecule has 0 bridgehead atoms. The minimum atomic E-state index is 0.591. The molecule has 0 heterocycles. The minimum Gasteiger partial charge on any atom is -0.0651 e. The molecule has 20 heavy (non-hydrogen) atoms. The third-order valence-corrected chi connectivity index (χ3v) is 6.80. The fourth-order valence-electron chi connectivity index (χ4n) is 5.33. The summed E-state index contributed by atoms with van der Waals surface area (Å²) in [5.74, 6) is 4.50. The summed E-state index contributed by atoms with van der Waals surface area (Å²) in [6, 6.07) is 9.07. The highest BCUT2D eigenvalue weighted by Crippen LogP contribution is 2.65. The molecule has 2 aliphatic rings. The van der Waals surface area contributed by atoms with Gasteiger partial charge in [-0.15, -0.1) is 0 Å². The van der Waals surface area contributed by atoms with E-state index in [4.69, 9.17) is 0 Å². The molecule has 4 unspecified atom stereocenters. The van der Waals surface area contributed by atoms with Crippen molar-refractivity contribution in [3.63, 3.8) is 0 Å². The van der Waals surface area contributed by atoms with Gasteiger partial charge >= 0.3 is 0 Å². The summed E-state index contributed by atoms with van der Waals surface area (Å²) in [5.41, 5.74) is 3.81. The highest BCUT2D eigenvalue weighted by Gasteiger charge is 2.59. The molecule has 3 rings (SSSR count). The summed E-state index contributed by atoms with van der Waals surface area (Å²) in [6.07, 6.45) is 3.98. The molecule has 1 aromatic rings. The van der Waals surface area contributed by atoms with Crippen LogP contribution in [0.5, 0.6) is 0 Å². The van der Waals surface area contributed by atoms with Gasteiger partial charge < -0.3 is 0 Å². The molecule has 1 saturated carbocycles. The van der Waals surface area contributed by atoms with E-state index in [9.17, 15) is 0 Å². The van der Waals surface area contributed by atoms with Crippen molar-refractivity contribution in [1.29, 1.82) is 0 Å². The van der Waals surface area contributed by atoms with Crippen LogP contribution in [0.4, 0.5) is 0 Å². The lowest BCUT2D eigenvalue weighted by atomic mass is 9.78. The van der Waals surface area contributed by atoms with Crippen molar-refractivity contribution in [3.05, 3.63) is 35.4 Å². The first-order chi connectivity index (χ1) is 9.46. The Morgan fingerprint density at radius 3 is 2.05 bits per heavy atom. The molecule has 1 aromatic carbocycles. The van der Waals surface area contributed by atoms with Crippen LogP contribution in [-0.2, 0) is 12.8 Å². The van der Waals surface area contributed by atoms with Crippen molar-refractivity contribution in [2.24, 2.45) is 35.0 Å². The van der Waals surface area contributed by atoms with Gasteiger partial charge in [-0.1, -0.05) is 65.3 Å². The SMILES string of the molecule is CCC1C(C(C)C(C)C2Cc3ccccc3C2)C1(C)C. The molecule has 1 fully saturated rings. The maximum atomic E-state index is 2.52. The Morgan fingerprint density at radius 1 is 1.05 bits per heavy atom.